The Labute approximate surface area is 307 Å². The van der Waals surface area contributed by atoms with Crippen LogP contribution in [0.15, 0.2) is 46.1 Å². The van der Waals surface area contributed by atoms with E-state index in [1.165, 1.54) is 66.2 Å². The summed E-state index contributed by atoms with van der Waals surface area (Å²) in [5.41, 5.74) is -1.48. The highest BCUT2D eigenvalue weighted by Crippen LogP contribution is 2.45. The molecule has 1 aromatic carbocycles. The summed E-state index contributed by atoms with van der Waals surface area (Å²) in [6.07, 6.45) is 1.41. The SMILES string of the molecule is COC(=O)C1C(O)C(C)C(O)C(C)/C=C(/C)C(=O)c2c(OC)c(C)c(O)c3c2C(=O)C(SC)=C(NC(=O)/C(C)=C\C=C\C(C)C(O)C(C)C1O)C3=O. The maximum atomic E-state index is 14.2. The Hall–Kier alpha value is -4.08. The number of benzene rings is 1. The Morgan fingerprint density at radius 2 is 1.33 bits per heavy atom. The molecule has 3 aliphatic rings. The van der Waals surface area contributed by atoms with Gasteiger partial charge in [-0.1, -0.05) is 52.0 Å². The van der Waals surface area contributed by atoms with Crippen LogP contribution in [0.5, 0.6) is 11.5 Å². The number of nitrogens with one attached hydrogen (secondary N) is 1. The third kappa shape index (κ3) is 7.96. The van der Waals surface area contributed by atoms with E-state index in [4.69, 9.17) is 9.47 Å². The second-order valence-corrected chi connectivity index (χ2v) is 14.3. The fourth-order valence-corrected chi connectivity index (χ4v) is 7.33. The average Bonchev–Trinajstić information content (AvgIpc) is 3.11. The minimum absolute atomic E-state index is 0.00802. The highest BCUT2D eigenvalue weighted by molar-refractivity contribution is 8.03. The molecular formula is C38H49NO12S. The maximum absolute atomic E-state index is 14.2. The van der Waals surface area contributed by atoms with E-state index in [2.05, 4.69) is 5.32 Å². The van der Waals surface area contributed by atoms with Crippen LogP contribution in [0, 0.1) is 36.5 Å². The Bertz CT molecular complexity index is 1760. The number of ketones is 3. The molecule has 4 rings (SSSR count). The van der Waals surface area contributed by atoms with Gasteiger partial charge in [0, 0.05) is 34.8 Å². The number of aromatic hydroxyl groups is 1. The maximum Gasteiger partial charge on any atom is 0.313 e. The van der Waals surface area contributed by atoms with Crippen LogP contribution in [0.25, 0.3) is 0 Å². The number of hydrogen-bond acceptors (Lipinski definition) is 13. The number of phenolic OH excluding ortho intramolecular Hbond substituents is 1. The van der Waals surface area contributed by atoms with Crippen LogP contribution in [-0.4, -0.2) is 99.7 Å². The molecule has 0 saturated heterocycles. The molecule has 52 heavy (non-hydrogen) atoms. The first-order valence-electron chi connectivity index (χ1n) is 16.8. The topological polar surface area (TPSA) is 217 Å². The number of fused-ring (bicyclic) bond motifs is 15. The van der Waals surface area contributed by atoms with Crippen molar-refractivity contribution in [2.24, 2.45) is 29.6 Å². The van der Waals surface area contributed by atoms with E-state index >= 15 is 0 Å². The molecule has 6 N–H and O–H groups in total. The van der Waals surface area contributed by atoms with Gasteiger partial charge in [0.1, 0.15) is 23.1 Å². The Balaban J connectivity index is 2.34. The van der Waals surface area contributed by atoms with Crippen LogP contribution < -0.4 is 10.1 Å². The zero-order valence-electron chi connectivity index (χ0n) is 31.0. The van der Waals surface area contributed by atoms with Gasteiger partial charge >= 0.3 is 5.97 Å². The normalized spacial score (nSPS) is 32.4. The number of thioether (sulfide) groups is 1. The van der Waals surface area contributed by atoms with Crippen molar-refractivity contribution in [3.63, 3.8) is 0 Å². The van der Waals surface area contributed by atoms with Gasteiger partial charge in [0.15, 0.2) is 5.78 Å². The molecule has 4 bridgehead atoms. The summed E-state index contributed by atoms with van der Waals surface area (Å²) in [6, 6.07) is 0. The highest BCUT2D eigenvalue weighted by atomic mass is 32.2. The fourth-order valence-electron chi connectivity index (χ4n) is 6.70. The zero-order chi connectivity index (χ0) is 39.5. The largest absolute Gasteiger partial charge is 0.507 e. The van der Waals surface area contributed by atoms with Crippen molar-refractivity contribution in [1.29, 1.82) is 0 Å². The van der Waals surface area contributed by atoms with Crippen molar-refractivity contribution >= 4 is 41.0 Å². The van der Waals surface area contributed by atoms with E-state index in [1.807, 2.05) is 0 Å². The van der Waals surface area contributed by atoms with E-state index in [-0.39, 0.29) is 38.6 Å². The number of amides is 1. The van der Waals surface area contributed by atoms with Gasteiger partial charge in [0.25, 0.3) is 5.91 Å². The molecule has 9 unspecified atom stereocenters. The molecule has 1 aromatic rings. The van der Waals surface area contributed by atoms with E-state index in [1.54, 1.807) is 19.9 Å². The summed E-state index contributed by atoms with van der Waals surface area (Å²) in [7, 11) is 2.32. The van der Waals surface area contributed by atoms with Gasteiger partial charge in [-0.3, -0.25) is 24.0 Å². The predicted molar refractivity (Wildman–Crippen MR) is 194 cm³/mol. The number of ether oxygens (including phenoxy) is 2. The summed E-state index contributed by atoms with van der Waals surface area (Å²) in [5, 5.41) is 59.0. The first kappa shape index (κ1) is 42.3. The predicted octanol–water partition coefficient (Wildman–Crippen LogP) is 3.20. The number of Topliss-reactive ketones (excluding diaryl/α,β-unsaturated/α-hetero) is 3. The van der Waals surface area contributed by atoms with E-state index in [9.17, 15) is 49.5 Å². The van der Waals surface area contributed by atoms with Crippen LogP contribution in [0.1, 0.15) is 78.2 Å². The number of carbonyl (C=O) groups is 5. The number of rotatable bonds is 3. The molecule has 1 aliphatic carbocycles. The quantitative estimate of drug-likeness (QED) is 0.246. The van der Waals surface area contributed by atoms with Gasteiger partial charge in [-0.2, -0.15) is 0 Å². The number of phenols is 1. The third-order valence-electron chi connectivity index (χ3n) is 10.1. The number of allylic oxidation sites excluding steroid dienone is 5. The van der Waals surface area contributed by atoms with Crippen LogP contribution in [0.3, 0.4) is 0 Å². The lowest BCUT2D eigenvalue weighted by Gasteiger charge is -2.37. The highest BCUT2D eigenvalue weighted by Gasteiger charge is 2.45. The summed E-state index contributed by atoms with van der Waals surface area (Å²) < 4.78 is 10.4. The van der Waals surface area contributed by atoms with Gasteiger partial charge in [-0.05, 0) is 32.6 Å². The molecule has 0 radical (unpaired) electrons. The van der Waals surface area contributed by atoms with Crippen molar-refractivity contribution in [2.75, 3.05) is 20.5 Å². The lowest BCUT2D eigenvalue weighted by molar-refractivity contribution is -0.164. The van der Waals surface area contributed by atoms with Gasteiger partial charge in [0.05, 0.1) is 60.2 Å². The molecule has 0 spiro atoms. The molecule has 14 heteroatoms. The Kier molecular flexibility index (Phi) is 14.0. The number of hydrogen-bond donors (Lipinski definition) is 6. The summed E-state index contributed by atoms with van der Waals surface area (Å²) in [5.74, 6) is -10.1. The number of carbonyl (C=O) groups excluding carboxylic acids is 5. The lowest BCUT2D eigenvalue weighted by Crippen LogP contribution is -2.50. The minimum atomic E-state index is -1.67. The molecule has 0 aromatic heterocycles. The molecule has 284 valence electrons. The smallest absolute Gasteiger partial charge is 0.313 e. The van der Waals surface area contributed by atoms with Crippen LogP contribution in [-0.2, 0) is 14.3 Å². The first-order chi connectivity index (χ1) is 24.3. The summed E-state index contributed by atoms with van der Waals surface area (Å²) >= 11 is 0.868. The first-order valence-corrected chi connectivity index (χ1v) is 18.0. The van der Waals surface area contributed by atoms with Gasteiger partial charge in [0.2, 0.25) is 11.6 Å². The second kappa shape index (κ2) is 17.2. The molecule has 2 aliphatic heterocycles. The van der Waals surface area contributed by atoms with Gasteiger partial charge in [-0.15, -0.1) is 11.8 Å². The van der Waals surface area contributed by atoms with Gasteiger partial charge < -0.3 is 40.3 Å². The summed E-state index contributed by atoms with van der Waals surface area (Å²) in [6.45, 7) is 10.4. The number of esters is 1. The van der Waals surface area contributed by atoms with E-state index in [0.717, 1.165) is 18.9 Å². The van der Waals surface area contributed by atoms with E-state index in [0.29, 0.717) is 0 Å². The second-order valence-electron chi connectivity index (χ2n) is 13.5. The molecule has 2 heterocycles. The average molecular weight is 744 g/mol. The number of aliphatic hydroxyl groups is 4. The third-order valence-corrected chi connectivity index (χ3v) is 10.9. The molecule has 9 atom stereocenters. The molecule has 0 fully saturated rings. The molecule has 0 saturated carbocycles. The molecular weight excluding hydrogens is 694 g/mol. The van der Waals surface area contributed by atoms with Crippen molar-refractivity contribution in [1.82, 2.24) is 5.32 Å². The molecule has 13 nitrogen and oxygen atoms in total. The van der Waals surface area contributed by atoms with Gasteiger partial charge in [-0.25, -0.2) is 0 Å². The van der Waals surface area contributed by atoms with Crippen LogP contribution >= 0.6 is 11.8 Å². The van der Waals surface area contributed by atoms with Crippen molar-refractivity contribution < 1.29 is 59.0 Å². The molecule has 1 amide bonds. The number of methoxy groups -OCH3 is 2. The Morgan fingerprint density at radius 1 is 0.769 bits per heavy atom. The fraction of sp³-hybridized carbons (Fsp3) is 0.500. The summed E-state index contributed by atoms with van der Waals surface area (Å²) in [4.78, 5) is 68.5. The lowest BCUT2D eigenvalue weighted by atomic mass is 9.76. The minimum Gasteiger partial charge on any atom is -0.507 e. The van der Waals surface area contributed by atoms with Crippen molar-refractivity contribution in [3.8, 4) is 11.5 Å². The number of aliphatic hydroxyl groups excluding tert-OH is 4. The Morgan fingerprint density at radius 3 is 1.85 bits per heavy atom. The van der Waals surface area contributed by atoms with Crippen molar-refractivity contribution in [2.45, 2.75) is 72.9 Å². The van der Waals surface area contributed by atoms with Crippen LogP contribution in [0.4, 0.5) is 0 Å². The van der Waals surface area contributed by atoms with E-state index < -0.39 is 100 Å². The van der Waals surface area contributed by atoms with Crippen molar-refractivity contribution in [3.05, 3.63) is 68.3 Å². The van der Waals surface area contributed by atoms with Crippen LogP contribution in [0.2, 0.25) is 0 Å². The zero-order valence-corrected chi connectivity index (χ0v) is 31.8. The standard InChI is InChI=1S/C38H49NO12S/c1-15-12-11-13-16(2)37(48)39-26-33(46)23-22(34(47)36(26)52-10)24(35(50-8)21(7)32(23)45)29(42)18(4)14-17(3)28(41)20(6)31(44)25(38(49)51-9)30(43)19(5)27(15)40/h11-15,17,19-20,25,27-28,30-31,40-41,43-45H,1-10H3,(H,39,48)/b12-11+,16-13-,18-14-. The monoisotopic (exact) mass is 743 g/mol.